The Morgan fingerprint density at radius 1 is 1.24 bits per heavy atom. The Kier molecular flexibility index (Phi) is 8.84. The average molecular weight is 582 g/mol. The Morgan fingerprint density at radius 2 is 2.05 bits per heavy atom. The standard InChI is InChI=1S/C30H39N5O5S/c1-4-6-7-10-17-40-29(39)24-23-18-20(3)30(41-23)25(24)27(37)34(15-11-16-36)26(30)28(38)33(14-5-2)19-35-22-13-9-8-12-21(22)31-32-35/h4-5,8-9,12-13,20,23-26,36H,1-2,6-7,10-11,14-19H2,3H3/t20?,23-,24+,25-,26?,30?/m0/s1. The van der Waals surface area contributed by atoms with Crippen LogP contribution in [-0.2, 0) is 25.8 Å². The molecule has 0 saturated carbocycles. The van der Waals surface area contributed by atoms with Crippen LogP contribution < -0.4 is 0 Å². The topological polar surface area (TPSA) is 118 Å². The quantitative estimate of drug-likeness (QED) is 0.206. The Hall–Kier alpha value is -3.18. The first-order valence-corrected chi connectivity index (χ1v) is 15.3. The first-order chi connectivity index (χ1) is 19.9. The van der Waals surface area contributed by atoms with Gasteiger partial charge >= 0.3 is 5.97 Å². The summed E-state index contributed by atoms with van der Waals surface area (Å²) in [6.45, 7) is 10.5. The van der Waals surface area contributed by atoms with E-state index in [0.717, 1.165) is 36.7 Å². The Balaban J connectivity index is 1.45. The van der Waals surface area contributed by atoms with Crippen molar-refractivity contribution in [1.29, 1.82) is 0 Å². The van der Waals surface area contributed by atoms with Gasteiger partial charge in [-0.25, -0.2) is 4.68 Å². The molecule has 3 fully saturated rings. The number of aliphatic hydroxyl groups is 1. The van der Waals surface area contributed by atoms with Crippen LogP contribution in [0.5, 0.6) is 0 Å². The summed E-state index contributed by atoms with van der Waals surface area (Å²) in [6, 6.07) is 6.76. The summed E-state index contributed by atoms with van der Waals surface area (Å²) in [4.78, 5) is 45.4. The van der Waals surface area contributed by atoms with Gasteiger partial charge in [0.25, 0.3) is 0 Å². The summed E-state index contributed by atoms with van der Waals surface area (Å²) in [5, 5.41) is 18.1. The fraction of sp³-hybridized carbons (Fsp3) is 0.567. The first kappa shape index (κ1) is 29.3. The van der Waals surface area contributed by atoms with Crippen LogP contribution in [0.3, 0.4) is 0 Å². The molecule has 1 aromatic heterocycles. The van der Waals surface area contributed by atoms with Gasteiger partial charge in [-0.15, -0.1) is 30.0 Å². The second kappa shape index (κ2) is 12.4. The molecule has 4 heterocycles. The number of nitrogens with zero attached hydrogens (tertiary/aromatic N) is 5. The predicted molar refractivity (Wildman–Crippen MR) is 157 cm³/mol. The van der Waals surface area contributed by atoms with Crippen molar-refractivity contribution in [3.8, 4) is 0 Å². The third-order valence-electron chi connectivity index (χ3n) is 8.74. The lowest BCUT2D eigenvalue weighted by Crippen LogP contribution is -2.57. The van der Waals surface area contributed by atoms with Crippen molar-refractivity contribution in [2.45, 2.75) is 61.7 Å². The lowest BCUT2D eigenvalue weighted by atomic mass is 9.66. The van der Waals surface area contributed by atoms with E-state index in [2.05, 4.69) is 30.4 Å². The van der Waals surface area contributed by atoms with Crippen LogP contribution in [0.1, 0.15) is 39.0 Å². The van der Waals surface area contributed by atoms with Gasteiger partial charge in [0.05, 0.1) is 28.7 Å². The number of amides is 2. The second-order valence-corrected chi connectivity index (χ2v) is 12.7. The van der Waals surface area contributed by atoms with E-state index in [9.17, 15) is 19.5 Å². The summed E-state index contributed by atoms with van der Waals surface area (Å²) >= 11 is 1.62. The Bertz CT molecular complexity index is 1320. The number of para-hydroxylation sites is 1. The fourth-order valence-corrected chi connectivity index (χ4v) is 9.34. The summed E-state index contributed by atoms with van der Waals surface area (Å²) < 4.78 is 6.62. The molecule has 6 atom stereocenters. The number of benzene rings is 1. The zero-order valence-electron chi connectivity index (χ0n) is 23.6. The number of ether oxygens (including phenoxy) is 1. The normalized spacial score (nSPS) is 28.2. The minimum Gasteiger partial charge on any atom is -0.465 e. The minimum absolute atomic E-state index is 0.0361. The van der Waals surface area contributed by atoms with Crippen molar-refractivity contribution in [1.82, 2.24) is 24.8 Å². The number of fused-ring (bicyclic) bond motifs is 2. The molecule has 3 aliphatic heterocycles. The maximum absolute atomic E-state index is 14.6. The Labute approximate surface area is 244 Å². The van der Waals surface area contributed by atoms with Crippen LogP contribution >= 0.6 is 11.8 Å². The summed E-state index contributed by atoms with van der Waals surface area (Å²) in [6.07, 6.45) is 7.06. The maximum atomic E-state index is 14.6. The number of thioether (sulfide) groups is 1. The van der Waals surface area contributed by atoms with Gasteiger partial charge in [0.2, 0.25) is 11.8 Å². The smallest absolute Gasteiger partial charge is 0.310 e. The van der Waals surface area contributed by atoms with Crippen molar-refractivity contribution in [2.75, 3.05) is 26.3 Å². The molecular formula is C30H39N5O5S. The molecule has 1 N–H and O–H groups in total. The number of aliphatic hydroxyl groups excluding tert-OH is 1. The van der Waals surface area contributed by atoms with Gasteiger partial charge in [0.1, 0.15) is 18.2 Å². The fourth-order valence-electron chi connectivity index (χ4n) is 6.94. The van der Waals surface area contributed by atoms with E-state index in [1.807, 2.05) is 30.3 Å². The van der Waals surface area contributed by atoms with Crippen LogP contribution in [-0.4, -0.2) is 90.0 Å². The average Bonchev–Trinajstić information content (AvgIpc) is 3.68. The van der Waals surface area contributed by atoms with E-state index < -0.39 is 22.6 Å². The molecule has 3 aliphatic rings. The van der Waals surface area contributed by atoms with Gasteiger partial charge in [-0.05, 0) is 50.2 Å². The molecule has 2 amide bonds. The van der Waals surface area contributed by atoms with E-state index in [1.165, 1.54) is 0 Å². The van der Waals surface area contributed by atoms with Gasteiger partial charge in [-0.1, -0.05) is 36.4 Å². The number of carbonyl (C=O) groups excluding carboxylic acids is 3. The number of allylic oxidation sites excluding steroid dienone is 1. The maximum Gasteiger partial charge on any atom is 0.310 e. The van der Waals surface area contributed by atoms with Crippen molar-refractivity contribution in [3.63, 3.8) is 0 Å². The van der Waals surface area contributed by atoms with Crippen molar-refractivity contribution >= 4 is 40.6 Å². The van der Waals surface area contributed by atoms with Gasteiger partial charge in [0, 0.05) is 24.9 Å². The van der Waals surface area contributed by atoms with Gasteiger partial charge in [-0.3, -0.25) is 14.4 Å². The minimum atomic E-state index is -0.781. The molecule has 3 unspecified atom stereocenters. The number of hydrogen-bond donors (Lipinski definition) is 1. The Morgan fingerprint density at radius 3 is 2.80 bits per heavy atom. The number of hydrogen-bond acceptors (Lipinski definition) is 8. The molecule has 2 aromatic rings. The molecule has 11 heteroatoms. The SMILES string of the molecule is C=CCCCCOC(=O)[C@@H]1[C@@H]2CC(C)C3(S2)C(C(=O)N(CC=C)Cn2nnc4ccccc42)N(CCCO)C(=O)[C@H]13. The molecule has 5 rings (SSSR count). The molecule has 1 aromatic carbocycles. The van der Waals surface area contributed by atoms with E-state index in [4.69, 9.17) is 4.74 Å². The zero-order valence-corrected chi connectivity index (χ0v) is 24.4. The largest absolute Gasteiger partial charge is 0.465 e. The summed E-state index contributed by atoms with van der Waals surface area (Å²) in [5.74, 6) is -1.96. The van der Waals surface area contributed by atoms with E-state index >= 15 is 0 Å². The molecule has 0 radical (unpaired) electrons. The van der Waals surface area contributed by atoms with E-state index in [-0.39, 0.29) is 55.3 Å². The van der Waals surface area contributed by atoms with E-state index in [0.29, 0.717) is 13.0 Å². The zero-order chi connectivity index (χ0) is 29.1. The number of aromatic nitrogens is 3. The molecule has 220 valence electrons. The van der Waals surface area contributed by atoms with E-state index in [1.54, 1.807) is 32.3 Å². The predicted octanol–water partition coefficient (Wildman–Crippen LogP) is 3.02. The van der Waals surface area contributed by atoms with Crippen LogP contribution in [0, 0.1) is 17.8 Å². The molecule has 10 nitrogen and oxygen atoms in total. The molecule has 41 heavy (non-hydrogen) atoms. The first-order valence-electron chi connectivity index (χ1n) is 14.4. The lowest BCUT2D eigenvalue weighted by Gasteiger charge is -2.40. The highest BCUT2D eigenvalue weighted by molar-refractivity contribution is 8.02. The highest BCUT2D eigenvalue weighted by Gasteiger charge is 2.76. The van der Waals surface area contributed by atoms with Crippen molar-refractivity contribution < 1.29 is 24.2 Å². The van der Waals surface area contributed by atoms with Crippen LogP contribution in [0.25, 0.3) is 11.0 Å². The van der Waals surface area contributed by atoms with Gasteiger partial charge < -0.3 is 19.6 Å². The summed E-state index contributed by atoms with van der Waals surface area (Å²) in [7, 11) is 0. The second-order valence-electron chi connectivity index (χ2n) is 11.2. The molecule has 0 aliphatic carbocycles. The van der Waals surface area contributed by atoms with Crippen LogP contribution in [0.15, 0.2) is 49.6 Å². The highest BCUT2D eigenvalue weighted by atomic mass is 32.2. The molecule has 2 bridgehead atoms. The summed E-state index contributed by atoms with van der Waals surface area (Å²) in [5.41, 5.74) is 1.52. The molecule has 3 saturated heterocycles. The third-order valence-corrected chi connectivity index (χ3v) is 10.8. The van der Waals surface area contributed by atoms with Crippen LogP contribution in [0.4, 0.5) is 0 Å². The number of likely N-dealkylation sites (tertiary alicyclic amines) is 1. The third kappa shape index (κ3) is 5.07. The molecule has 1 spiro atoms. The number of rotatable bonds is 14. The number of unbranched alkanes of at least 4 members (excludes halogenated alkanes) is 2. The number of esters is 1. The monoisotopic (exact) mass is 581 g/mol. The number of carbonyl (C=O) groups is 3. The van der Waals surface area contributed by atoms with Crippen molar-refractivity contribution in [3.05, 3.63) is 49.6 Å². The van der Waals surface area contributed by atoms with Gasteiger partial charge in [0.15, 0.2) is 0 Å². The lowest BCUT2D eigenvalue weighted by molar-refractivity contribution is -0.154. The molecular weight excluding hydrogens is 542 g/mol. The highest BCUT2D eigenvalue weighted by Crippen LogP contribution is 2.68. The van der Waals surface area contributed by atoms with Crippen LogP contribution in [0.2, 0.25) is 0 Å². The van der Waals surface area contributed by atoms with Gasteiger partial charge in [-0.2, -0.15) is 0 Å². The van der Waals surface area contributed by atoms with Crippen molar-refractivity contribution in [2.24, 2.45) is 17.8 Å².